The molecule has 0 saturated carbocycles. The predicted molar refractivity (Wildman–Crippen MR) is 118 cm³/mol. The number of phenols is 2. The van der Waals surface area contributed by atoms with Crippen molar-refractivity contribution >= 4 is 22.8 Å². The lowest BCUT2D eigenvalue weighted by Gasteiger charge is -2.07. The number of hydrogen-bond donors (Lipinski definition) is 2. The number of aryl methyl sites for hydroxylation is 1. The Kier molecular flexibility index (Phi) is 4.22. The van der Waals surface area contributed by atoms with Crippen molar-refractivity contribution in [3.63, 3.8) is 0 Å². The minimum absolute atomic E-state index is 0.0394. The van der Waals surface area contributed by atoms with Crippen LogP contribution in [-0.4, -0.2) is 27.7 Å². The summed E-state index contributed by atoms with van der Waals surface area (Å²) in [5.41, 5.74) is 3.61. The lowest BCUT2D eigenvalue weighted by atomic mass is 10.0. The molecule has 0 unspecified atom stereocenters. The number of fused-ring (bicyclic) bond motifs is 2. The molecule has 0 amide bonds. The SMILES string of the molecule is COc1cccc2c1c(C=C1Oc3cc(O)cc(O)c3C1=O)c(-c1ccccc1)n2C. The topological polar surface area (TPSA) is 80.9 Å². The molecule has 31 heavy (non-hydrogen) atoms. The summed E-state index contributed by atoms with van der Waals surface area (Å²) in [5, 5.41) is 20.7. The zero-order valence-corrected chi connectivity index (χ0v) is 16.9. The maximum absolute atomic E-state index is 13.0. The summed E-state index contributed by atoms with van der Waals surface area (Å²) in [4.78, 5) is 13.0. The number of nitrogens with zero attached hydrogens (tertiary/aromatic N) is 1. The Labute approximate surface area is 178 Å². The fourth-order valence-corrected chi connectivity index (χ4v) is 4.15. The Morgan fingerprint density at radius 1 is 1.03 bits per heavy atom. The minimum atomic E-state index is -0.446. The van der Waals surface area contributed by atoms with Crippen LogP contribution in [0.1, 0.15) is 15.9 Å². The van der Waals surface area contributed by atoms with Crippen LogP contribution >= 0.6 is 0 Å². The molecule has 0 aliphatic carbocycles. The zero-order valence-electron chi connectivity index (χ0n) is 16.9. The number of carbonyl (C=O) groups is 1. The highest BCUT2D eigenvalue weighted by Crippen LogP contribution is 2.43. The first kappa shape index (κ1) is 18.8. The van der Waals surface area contributed by atoms with Crippen LogP contribution < -0.4 is 9.47 Å². The number of aromatic nitrogens is 1. The van der Waals surface area contributed by atoms with Gasteiger partial charge in [0.1, 0.15) is 28.6 Å². The molecule has 0 fully saturated rings. The summed E-state index contributed by atoms with van der Waals surface area (Å²) in [6.07, 6.45) is 1.67. The molecule has 1 aliphatic heterocycles. The van der Waals surface area contributed by atoms with Crippen molar-refractivity contribution < 1.29 is 24.5 Å². The Balaban J connectivity index is 1.79. The van der Waals surface area contributed by atoms with Crippen molar-refractivity contribution in [1.29, 1.82) is 0 Å². The first-order valence-electron chi connectivity index (χ1n) is 9.70. The van der Waals surface area contributed by atoms with E-state index in [4.69, 9.17) is 9.47 Å². The standard InChI is InChI=1S/C25H19NO5/c1-26-17-9-6-10-19(30-2)22(17)16(24(26)14-7-4-3-5-8-14)13-21-25(29)23-18(28)11-15(27)12-20(23)31-21/h3-13,27-28H,1-2H3. The van der Waals surface area contributed by atoms with Gasteiger partial charge in [-0.1, -0.05) is 36.4 Å². The van der Waals surface area contributed by atoms with E-state index in [2.05, 4.69) is 4.57 Å². The van der Waals surface area contributed by atoms with E-state index < -0.39 is 5.78 Å². The molecule has 2 heterocycles. The number of phenolic OH excluding ortho intramolecular Hbond substituents is 2. The maximum Gasteiger partial charge on any atom is 0.235 e. The molecule has 4 aromatic rings. The van der Waals surface area contributed by atoms with Gasteiger partial charge in [-0.3, -0.25) is 4.79 Å². The van der Waals surface area contributed by atoms with E-state index in [1.165, 1.54) is 6.07 Å². The molecule has 1 aliphatic rings. The van der Waals surface area contributed by atoms with Crippen LogP contribution in [-0.2, 0) is 7.05 Å². The predicted octanol–water partition coefficient (Wildman–Crippen LogP) is 4.88. The van der Waals surface area contributed by atoms with E-state index >= 15 is 0 Å². The number of allylic oxidation sites excluding steroid dienone is 1. The zero-order chi connectivity index (χ0) is 21.7. The van der Waals surface area contributed by atoms with Crippen molar-refractivity contribution in [2.45, 2.75) is 0 Å². The second kappa shape index (κ2) is 6.95. The number of rotatable bonds is 3. The van der Waals surface area contributed by atoms with Crippen LogP contribution in [0, 0.1) is 0 Å². The molecule has 6 heteroatoms. The molecule has 154 valence electrons. The molecule has 0 saturated heterocycles. The van der Waals surface area contributed by atoms with Gasteiger partial charge in [0.2, 0.25) is 5.78 Å². The highest BCUT2D eigenvalue weighted by molar-refractivity contribution is 6.17. The molecule has 0 radical (unpaired) electrons. The van der Waals surface area contributed by atoms with Crippen molar-refractivity contribution in [3.8, 4) is 34.3 Å². The molecule has 2 N–H and O–H groups in total. The third-order valence-corrected chi connectivity index (χ3v) is 5.50. The molecule has 5 rings (SSSR count). The van der Waals surface area contributed by atoms with E-state index in [1.54, 1.807) is 13.2 Å². The van der Waals surface area contributed by atoms with Crippen molar-refractivity contribution in [1.82, 2.24) is 4.57 Å². The number of benzene rings is 3. The molecule has 0 bridgehead atoms. The highest BCUT2D eigenvalue weighted by atomic mass is 16.5. The van der Waals surface area contributed by atoms with Crippen LogP contribution in [0.5, 0.6) is 23.0 Å². The van der Waals surface area contributed by atoms with Gasteiger partial charge >= 0.3 is 0 Å². The third-order valence-electron chi connectivity index (χ3n) is 5.50. The molecular weight excluding hydrogens is 394 g/mol. The van der Waals surface area contributed by atoms with Crippen LogP contribution in [0.25, 0.3) is 28.2 Å². The fourth-order valence-electron chi connectivity index (χ4n) is 4.15. The van der Waals surface area contributed by atoms with E-state index in [0.717, 1.165) is 33.8 Å². The number of aromatic hydroxyl groups is 2. The normalized spacial score (nSPS) is 14.1. The van der Waals surface area contributed by atoms with Gasteiger partial charge in [0, 0.05) is 30.1 Å². The van der Waals surface area contributed by atoms with Gasteiger partial charge in [-0.2, -0.15) is 0 Å². The molecule has 0 atom stereocenters. The lowest BCUT2D eigenvalue weighted by molar-refractivity contribution is 0.101. The highest BCUT2D eigenvalue weighted by Gasteiger charge is 2.32. The Morgan fingerprint density at radius 3 is 2.55 bits per heavy atom. The Hall–Kier alpha value is -4.19. The molecule has 6 nitrogen and oxygen atoms in total. The van der Waals surface area contributed by atoms with Gasteiger partial charge in [-0.15, -0.1) is 0 Å². The fraction of sp³-hybridized carbons (Fsp3) is 0.0800. The van der Waals surface area contributed by atoms with Crippen LogP contribution in [0.3, 0.4) is 0 Å². The van der Waals surface area contributed by atoms with Gasteiger partial charge in [-0.05, 0) is 23.8 Å². The Bertz CT molecular complexity index is 1380. The first-order chi connectivity index (χ1) is 15.0. The van der Waals surface area contributed by atoms with Crippen LogP contribution in [0.2, 0.25) is 0 Å². The summed E-state index contributed by atoms with van der Waals surface area (Å²) in [5.74, 6) is -0.0815. The van der Waals surface area contributed by atoms with Crippen LogP contribution in [0.4, 0.5) is 0 Å². The summed E-state index contributed by atoms with van der Waals surface area (Å²) in [7, 11) is 3.57. The number of ether oxygens (including phenoxy) is 2. The lowest BCUT2D eigenvalue weighted by Crippen LogP contribution is -1.99. The smallest absolute Gasteiger partial charge is 0.235 e. The van der Waals surface area contributed by atoms with Crippen molar-refractivity contribution in [2.24, 2.45) is 7.05 Å². The van der Waals surface area contributed by atoms with Gasteiger partial charge in [0.05, 0.1) is 18.3 Å². The summed E-state index contributed by atoms with van der Waals surface area (Å²) in [6.45, 7) is 0. The van der Waals surface area contributed by atoms with E-state index in [9.17, 15) is 15.0 Å². The number of ketones is 1. The summed E-state index contributed by atoms with van der Waals surface area (Å²) >= 11 is 0. The first-order valence-corrected chi connectivity index (χ1v) is 9.70. The Morgan fingerprint density at radius 2 is 1.81 bits per heavy atom. The van der Waals surface area contributed by atoms with Crippen LogP contribution in [0.15, 0.2) is 66.4 Å². The van der Waals surface area contributed by atoms with Crippen molar-refractivity contribution in [3.05, 3.63) is 77.5 Å². The van der Waals surface area contributed by atoms with Gasteiger partial charge in [-0.25, -0.2) is 0 Å². The average Bonchev–Trinajstić information content (AvgIpc) is 3.23. The second-order valence-corrected chi connectivity index (χ2v) is 7.32. The second-order valence-electron chi connectivity index (χ2n) is 7.32. The number of hydrogen-bond acceptors (Lipinski definition) is 5. The molecule has 1 aromatic heterocycles. The number of carbonyl (C=O) groups excluding carboxylic acids is 1. The van der Waals surface area contributed by atoms with E-state index in [-0.39, 0.29) is 28.6 Å². The van der Waals surface area contributed by atoms with Gasteiger partial charge < -0.3 is 24.3 Å². The van der Waals surface area contributed by atoms with Crippen molar-refractivity contribution in [2.75, 3.05) is 7.11 Å². The molecule has 3 aromatic carbocycles. The molecular formula is C25H19NO5. The molecule has 0 spiro atoms. The minimum Gasteiger partial charge on any atom is -0.508 e. The van der Waals surface area contributed by atoms with Gasteiger partial charge in [0.25, 0.3) is 0 Å². The van der Waals surface area contributed by atoms with E-state index in [1.807, 2.05) is 55.6 Å². The summed E-state index contributed by atoms with van der Waals surface area (Å²) < 4.78 is 13.4. The van der Waals surface area contributed by atoms with Gasteiger partial charge in [0.15, 0.2) is 5.76 Å². The average molecular weight is 413 g/mol. The number of methoxy groups -OCH3 is 1. The monoisotopic (exact) mass is 413 g/mol. The maximum atomic E-state index is 13.0. The summed E-state index contributed by atoms with van der Waals surface area (Å²) in [6, 6.07) is 18.1. The third kappa shape index (κ3) is 2.84. The number of Topliss-reactive ketones (excluding diaryl/α,β-unsaturated/α-hetero) is 1. The van der Waals surface area contributed by atoms with E-state index in [0.29, 0.717) is 5.75 Å². The largest absolute Gasteiger partial charge is 0.508 e. The quantitative estimate of drug-likeness (QED) is 0.468.